The number of fused-ring (bicyclic) bond motifs is 2. The van der Waals surface area contributed by atoms with E-state index in [4.69, 9.17) is 9.47 Å². The highest BCUT2D eigenvalue weighted by Crippen LogP contribution is 2.28. The van der Waals surface area contributed by atoms with E-state index in [2.05, 4.69) is 34.5 Å². The number of likely N-dealkylation sites (tertiary alicyclic amines) is 1. The van der Waals surface area contributed by atoms with Gasteiger partial charge in [0.2, 0.25) is 0 Å². The van der Waals surface area contributed by atoms with Gasteiger partial charge in [0.25, 0.3) is 0 Å². The maximum atomic E-state index is 12.0. The molecule has 2 saturated heterocycles. The van der Waals surface area contributed by atoms with Gasteiger partial charge in [-0.3, -0.25) is 4.90 Å². The molecule has 2 aliphatic rings. The van der Waals surface area contributed by atoms with Gasteiger partial charge in [-0.15, -0.1) is 0 Å². The topological polar surface area (TPSA) is 50.8 Å². The van der Waals surface area contributed by atoms with Crippen molar-refractivity contribution in [1.82, 2.24) is 10.2 Å². The first-order chi connectivity index (χ1) is 10.9. The highest BCUT2D eigenvalue weighted by molar-refractivity contribution is 5.68. The van der Waals surface area contributed by atoms with E-state index in [1.807, 2.05) is 26.8 Å². The maximum Gasteiger partial charge on any atom is 0.407 e. The number of alkyl carbamates (subject to hydrolysis) is 1. The third kappa shape index (κ3) is 4.45. The monoisotopic (exact) mass is 318 g/mol. The summed E-state index contributed by atoms with van der Waals surface area (Å²) in [6, 6.07) is 10.5. The number of carbonyl (C=O) groups excluding carboxylic acids is 1. The first-order valence-electron chi connectivity index (χ1n) is 8.30. The van der Waals surface area contributed by atoms with E-state index in [9.17, 15) is 4.79 Å². The predicted octanol–water partition coefficient (Wildman–Crippen LogP) is 2.55. The second kappa shape index (κ2) is 6.49. The molecule has 1 aromatic carbocycles. The van der Waals surface area contributed by atoms with Crippen molar-refractivity contribution in [3.05, 3.63) is 35.9 Å². The maximum absolute atomic E-state index is 12.0. The van der Waals surface area contributed by atoms with Crippen molar-refractivity contribution in [2.45, 2.75) is 57.6 Å². The van der Waals surface area contributed by atoms with E-state index in [0.29, 0.717) is 0 Å². The number of amides is 1. The Balaban J connectivity index is 1.54. The van der Waals surface area contributed by atoms with Crippen molar-refractivity contribution >= 4 is 6.09 Å². The Morgan fingerprint density at radius 3 is 2.74 bits per heavy atom. The zero-order chi connectivity index (χ0) is 16.4. The van der Waals surface area contributed by atoms with Crippen LogP contribution < -0.4 is 5.32 Å². The van der Waals surface area contributed by atoms with Gasteiger partial charge in [-0.25, -0.2) is 4.79 Å². The Labute approximate surface area is 137 Å². The van der Waals surface area contributed by atoms with Crippen molar-refractivity contribution in [3.8, 4) is 0 Å². The molecule has 2 fully saturated rings. The Morgan fingerprint density at radius 2 is 2.04 bits per heavy atom. The van der Waals surface area contributed by atoms with Gasteiger partial charge in [-0.05, 0) is 32.8 Å². The van der Waals surface area contributed by atoms with E-state index >= 15 is 0 Å². The molecular formula is C18H26N2O3. The molecule has 0 unspecified atom stereocenters. The molecule has 2 heterocycles. The molecular weight excluding hydrogens is 292 g/mol. The van der Waals surface area contributed by atoms with Gasteiger partial charge >= 0.3 is 6.09 Å². The van der Waals surface area contributed by atoms with E-state index < -0.39 is 5.60 Å². The van der Waals surface area contributed by atoms with E-state index in [1.165, 1.54) is 5.56 Å². The molecule has 0 aliphatic carbocycles. The minimum atomic E-state index is -0.474. The lowest BCUT2D eigenvalue weighted by molar-refractivity contribution is -0.0459. The summed E-state index contributed by atoms with van der Waals surface area (Å²) in [6.45, 7) is 8.30. The summed E-state index contributed by atoms with van der Waals surface area (Å²) in [7, 11) is 0. The van der Waals surface area contributed by atoms with Gasteiger partial charge < -0.3 is 14.8 Å². The van der Waals surface area contributed by atoms with Crippen molar-refractivity contribution in [1.29, 1.82) is 0 Å². The summed E-state index contributed by atoms with van der Waals surface area (Å²) in [5.41, 5.74) is 0.836. The molecule has 3 atom stereocenters. The molecule has 5 heteroatoms. The zero-order valence-electron chi connectivity index (χ0n) is 14.1. The number of benzene rings is 1. The number of hydrogen-bond donors (Lipinski definition) is 1. The van der Waals surface area contributed by atoms with Crippen LogP contribution >= 0.6 is 0 Å². The van der Waals surface area contributed by atoms with E-state index in [0.717, 1.165) is 26.1 Å². The Hall–Kier alpha value is -1.59. The average molecular weight is 318 g/mol. The lowest BCUT2D eigenvalue weighted by Crippen LogP contribution is -2.48. The van der Waals surface area contributed by atoms with Gasteiger partial charge in [-0.1, -0.05) is 30.3 Å². The summed E-state index contributed by atoms with van der Waals surface area (Å²) in [5.74, 6) is 0. The normalized spacial score (nSPS) is 27.7. The summed E-state index contributed by atoms with van der Waals surface area (Å²) in [4.78, 5) is 14.4. The highest BCUT2D eigenvalue weighted by Gasteiger charge is 2.42. The summed E-state index contributed by atoms with van der Waals surface area (Å²) < 4.78 is 11.3. The van der Waals surface area contributed by atoms with Gasteiger partial charge in [-0.2, -0.15) is 0 Å². The fraction of sp³-hybridized carbons (Fsp3) is 0.611. The quantitative estimate of drug-likeness (QED) is 0.930. The van der Waals surface area contributed by atoms with Crippen LogP contribution in [0.25, 0.3) is 0 Å². The van der Waals surface area contributed by atoms with Crippen LogP contribution in [0.15, 0.2) is 30.3 Å². The van der Waals surface area contributed by atoms with Crippen LogP contribution in [0.5, 0.6) is 0 Å². The molecule has 3 rings (SSSR count). The van der Waals surface area contributed by atoms with Crippen LogP contribution in [0, 0.1) is 0 Å². The molecule has 2 aliphatic heterocycles. The molecule has 126 valence electrons. The van der Waals surface area contributed by atoms with Gasteiger partial charge in [0.1, 0.15) is 5.60 Å². The molecule has 1 amide bonds. The average Bonchev–Trinajstić information content (AvgIpc) is 2.72. The van der Waals surface area contributed by atoms with E-state index in [-0.39, 0.29) is 24.3 Å². The number of nitrogens with one attached hydrogen (secondary N) is 1. The highest BCUT2D eigenvalue weighted by atomic mass is 16.6. The van der Waals surface area contributed by atoms with Gasteiger partial charge in [0, 0.05) is 19.6 Å². The fourth-order valence-corrected chi connectivity index (χ4v) is 3.32. The summed E-state index contributed by atoms with van der Waals surface area (Å²) in [5, 5.41) is 2.98. The Kier molecular flexibility index (Phi) is 4.60. The smallest absolute Gasteiger partial charge is 0.407 e. The van der Waals surface area contributed by atoms with Crippen LogP contribution in [-0.4, -0.2) is 47.9 Å². The van der Waals surface area contributed by atoms with Crippen LogP contribution in [-0.2, 0) is 16.0 Å². The van der Waals surface area contributed by atoms with Crippen LogP contribution in [0.3, 0.4) is 0 Å². The number of nitrogens with zero attached hydrogens (tertiary/aromatic N) is 1. The van der Waals surface area contributed by atoms with Crippen molar-refractivity contribution in [3.63, 3.8) is 0 Å². The fourth-order valence-electron chi connectivity index (χ4n) is 3.32. The first-order valence-corrected chi connectivity index (χ1v) is 8.30. The molecule has 0 radical (unpaired) electrons. The first kappa shape index (κ1) is 16.3. The number of morpholine rings is 1. The Morgan fingerprint density at radius 1 is 1.30 bits per heavy atom. The lowest BCUT2D eigenvalue weighted by Gasteiger charge is -2.33. The van der Waals surface area contributed by atoms with Gasteiger partial charge in [0.05, 0.1) is 18.2 Å². The van der Waals surface area contributed by atoms with Crippen molar-refractivity contribution in [2.75, 3.05) is 13.1 Å². The molecule has 1 aromatic rings. The molecule has 0 aromatic heterocycles. The number of ether oxygens (including phenoxy) is 2. The Bertz CT molecular complexity index is 541. The summed E-state index contributed by atoms with van der Waals surface area (Å²) >= 11 is 0. The number of carbonyl (C=O) groups is 1. The van der Waals surface area contributed by atoms with E-state index in [1.54, 1.807) is 0 Å². The second-order valence-electron chi connectivity index (χ2n) is 7.46. The number of hydrogen-bond acceptors (Lipinski definition) is 4. The SMILES string of the molecule is CC(C)(C)OC(=O)N[C@H]1C[C@H]2CN(Cc3ccccc3)C[C@@H]1O2. The van der Waals surface area contributed by atoms with Crippen molar-refractivity contribution < 1.29 is 14.3 Å². The lowest BCUT2D eigenvalue weighted by atomic mass is 10.1. The van der Waals surface area contributed by atoms with Gasteiger partial charge in [0.15, 0.2) is 0 Å². The predicted molar refractivity (Wildman–Crippen MR) is 88.2 cm³/mol. The second-order valence-corrected chi connectivity index (χ2v) is 7.46. The number of rotatable bonds is 3. The summed E-state index contributed by atoms with van der Waals surface area (Å²) in [6.07, 6.45) is 0.741. The molecule has 0 spiro atoms. The molecule has 5 nitrogen and oxygen atoms in total. The third-order valence-electron chi connectivity index (χ3n) is 4.18. The zero-order valence-corrected chi connectivity index (χ0v) is 14.1. The molecule has 2 bridgehead atoms. The molecule has 1 N–H and O–H groups in total. The van der Waals surface area contributed by atoms with Crippen LogP contribution in [0.1, 0.15) is 32.8 Å². The third-order valence-corrected chi connectivity index (χ3v) is 4.18. The molecule has 0 saturated carbocycles. The van der Waals surface area contributed by atoms with Crippen LogP contribution in [0.2, 0.25) is 0 Å². The largest absolute Gasteiger partial charge is 0.444 e. The molecule has 23 heavy (non-hydrogen) atoms. The van der Waals surface area contributed by atoms with Crippen LogP contribution in [0.4, 0.5) is 4.79 Å². The standard InChI is InChI=1S/C18H26N2O3/c1-18(2,3)23-17(21)19-15-9-14-11-20(12-16(15)22-14)10-13-7-5-4-6-8-13/h4-8,14-16H,9-12H2,1-3H3,(H,19,21)/t14-,15-,16-/m0/s1. The minimum Gasteiger partial charge on any atom is -0.444 e. The van der Waals surface area contributed by atoms with Crippen molar-refractivity contribution in [2.24, 2.45) is 0 Å². The minimum absolute atomic E-state index is 0.0376.